The first-order valence-corrected chi connectivity index (χ1v) is 11.3. The van der Waals surface area contributed by atoms with Crippen LogP contribution in [0, 0.1) is 27.6 Å². The van der Waals surface area contributed by atoms with E-state index in [2.05, 4.69) is 68.4 Å². The van der Waals surface area contributed by atoms with E-state index in [0.29, 0.717) is 0 Å². The van der Waals surface area contributed by atoms with Gasteiger partial charge in [0.2, 0.25) is 0 Å². The van der Waals surface area contributed by atoms with Crippen molar-refractivity contribution in [1.82, 2.24) is 0 Å². The van der Waals surface area contributed by atoms with Crippen LogP contribution in [0.25, 0.3) is 0 Å². The second-order valence-corrected chi connectivity index (χ2v) is 15.8. The van der Waals surface area contributed by atoms with E-state index in [0.717, 1.165) is 6.42 Å². The molecule has 1 nitrogen and oxygen atoms in total. The van der Waals surface area contributed by atoms with Gasteiger partial charge >= 0.3 is 0 Å². The van der Waals surface area contributed by atoms with Gasteiger partial charge in [-0.3, -0.25) is 0 Å². The minimum Gasteiger partial charge on any atom is -0.198 e. The molecule has 4 heteroatoms. The van der Waals surface area contributed by atoms with Crippen LogP contribution in [-0.4, -0.2) is 20.6 Å². The SMILES string of the molecule is CC(C)(C)C1=PC2(C(C)(C)C)C[C@H](C#N)P1C(C(C)(C)C)=P2. The zero-order chi connectivity index (χ0) is 17.1. The Kier molecular flexibility index (Phi) is 4.55. The quantitative estimate of drug-likeness (QED) is 0.441. The zero-order valence-electron chi connectivity index (χ0n) is 15.6. The van der Waals surface area contributed by atoms with Gasteiger partial charge in [0, 0.05) is 0 Å². The van der Waals surface area contributed by atoms with Gasteiger partial charge in [0.25, 0.3) is 0 Å². The summed E-state index contributed by atoms with van der Waals surface area (Å²) < 4.78 is 0. The molecular weight excluding hydrogens is 323 g/mol. The van der Waals surface area contributed by atoms with Crippen LogP contribution in [-0.2, 0) is 0 Å². The number of nitriles is 1. The van der Waals surface area contributed by atoms with E-state index < -0.39 is 7.92 Å². The molecule has 0 saturated carbocycles. The highest BCUT2D eigenvalue weighted by Gasteiger charge is 2.55. The Morgan fingerprint density at radius 1 is 0.955 bits per heavy atom. The molecule has 3 heterocycles. The highest BCUT2D eigenvalue weighted by Crippen LogP contribution is 2.74. The highest BCUT2D eigenvalue weighted by atomic mass is 31.2. The number of hydrogen-bond donors (Lipinski definition) is 0. The van der Waals surface area contributed by atoms with Gasteiger partial charge in [-0.25, -0.2) is 0 Å². The van der Waals surface area contributed by atoms with Gasteiger partial charge in [-0.05, 0) is 40.7 Å². The Morgan fingerprint density at radius 3 is 1.64 bits per heavy atom. The lowest BCUT2D eigenvalue weighted by Gasteiger charge is -2.55. The third-order valence-electron chi connectivity index (χ3n) is 4.52. The zero-order valence-corrected chi connectivity index (χ0v) is 18.3. The second kappa shape index (κ2) is 5.38. The van der Waals surface area contributed by atoms with E-state index in [4.69, 9.17) is 0 Å². The summed E-state index contributed by atoms with van der Waals surface area (Å²) in [6.07, 6.45) is 1.08. The molecule has 2 bridgehead atoms. The molecule has 122 valence electrons. The maximum Gasteiger partial charge on any atom is 0.0763 e. The minimum absolute atomic E-state index is 0.200. The number of rotatable bonds is 0. The van der Waals surface area contributed by atoms with Crippen LogP contribution in [0.15, 0.2) is 0 Å². The summed E-state index contributed by atoms with van der Waals surface area (Å²) in [4.78, 5) is 0.218. The summed E-state index contributed by atoms with van der Waals surface area (Å²) in [5.74, 6) is 0. The Hall–Kier alpha value is 0.260. The van der Waals surface area contributed by atoms with E-state index in [1.165, 1.54) is 16.4 Å². The largest absolute Gasteiger partial charge is 0.198 e. The lowest BCUT2D eigenvalue weighted by atomic mass is 9.88. The van der Waals surface area contributed by atoms with Crippen LogP contribution in [0.2, 0.25) is 0 Å². The molecule has 3 aliphatic rings. The molecule has 0 spiro atoms. The fraction of sp³-hybridized carbons (Fsp3) is 0.833. The normalized spacial score (nSPS) is 33.8. The van der Waals surface area contributed by atoms with Crippen LogP contribution in [0.3, 0.4) is 0 Å². The predicted molar refractivity (Wildman–Crippen MR) is 106 cm³/mol. The summed E-state index contributed by atoms with van der Waals surface area (Å²) >= 11 is 0. The number of hydrogen-bond acceptors (Lipinski definition) is 1. The maximum atomic E-state index is 9.89. The smallest absolute Gasteiger partial charge is 0.0763 e. The van der Waals surface area contributed by atoms with E-state index in [1.54, 1.807) is 10.1 Å². The topological polar surface area (TPSA) is 23.8 Å². The molecule has 0 amide bonds. The third-order valence-corrected chi connectivity index (χ3v) is 14.4. The first-order chi connectivity index (χ1) is 9.73. The molecule has 3 aliphatic heterocycles. The Morgan fingerprint density at radius 2 is 1.36 bits per heavy atom. The van der Waals surface area contributed by atoms with E-state index in [-0.39, 0.29) is 26.8 Å². The van der Waals surface area contributed by atoms with Gasteiger partial charge in [-0.15, -0.1) is 0 Å². The molecule has 0 unspecified atom stereocenters. The Labute approximate surface area is 141 Å². The van der Waals surface area contributed by atoms with Crippen molar-refractivity contribution in [3.05, 3.63) is 0 Å². The molecule has 0 N–H and O–H groups in total. The molecule has 0 aromatic carbocycles. The van der Waals surface area contributed by atoms with Crippen molar-refractivity contribution in [1.29, 1.82) is 5.26 Å². The fourth-order valence-electron chi connectivity index (χ4n) is 3.13. The summed E-state index contributed by atoms with van der Waals surface area (Å²) in [6.45, 7) is 21.2. The van der Waals surface area contributed by atoms with Gasteiger partial charge in [-0.1, -0.05) is 78.7 Å². The molecule has 0 saturated heterocycles. The van der Waals surface area contributed by atoms with Gasteiger partial charge in [0.1, 0.15) is 0 Å². The van der Waals surface area contributed by atoms with Gasteiger partial charge in [0.15, 0.2) is 0 Å². The number of fused-ring (bicyclic) bond motifs is 1. The van der Waals surface area contributed by atoms with Crippen molar-refractivity contribution < 1.29 is 0 Å². The van der Waals surface area contributed by atoms with E-state index in [1.807, 2.05) is 0 Å². The molecule has 3 rings (SSSR count). The standard InChI is InChI=1S/C18H30NP3/c1-15(2,3)13-20-18(17(7,8)9)10-12(11-19)22(13)14(21-18)16(4,5)6/h12H,10H2,1-9H3/t12-,18?,22?/m1/s1. The fourth-order valence-corrected chi connectivity index (χ4v) is 13.7. The first-order valence-electron chi connectivity index (χ1n) is 8.12. The van der Waals surface area contributed by atoms with Gasteiger partial charge in [0.05, 0.1) is 16.6 Å². The van der Waals surface area contributed by atoms with Gasteiger partial charge < -0.3 is 0 Å². The van der Waals surface area contributed by atoms with Crippen molar-refractivity contribution in [2.75, 3.05) is 0 Å². The molecule has 0 fully saturated rings. The highest BCUT2D eigenvalue weighted by molar-refractivity contribution is 8.06. The van der Waals surface area contributed by atoms with E-state index in [9.17, 15) is 5.26 Å². The monoisotopic (exact) mass is 353 g/mol. The summed E-state index contributed by atoms with van der Waals surface area (Å²) in [5, 5.41) is 13.2. The van der Waals surface area contributed by atoms with E-state index >= 15 is 0 Å². The summed E-state index contributed by atoms with van der Waals surface area (Å²) in [5.41, 5.74) is 0.845. The third kappa shape index (κ3) is 2.98. The predicted octanol–water partition coefficient (Wildman–Crippen LogP) is 6.76. The minimum atomic E-state index is -0.402. The van der Waals surface area contributed by atoms with Crippen LogP contribution in [0.5, 0.6) is 0 Å². The molecular formula is C18H30NP3. The summed E-state index contributed by atoms with van der Waals surface area (Å²) in [6, 6.07) is 2.71. The van der Waals surface area contributed by atoms with Crippen molar-refractivity contribution in [2.45, 2.75) is 79.3 Å². The van der Waals surface area contributed by atoms with Gasteiger partial charge in [-0.2, -0.15) is 5.26 Å². The van der Waals surface area contributed by atoms with Crippen LogP contribution < -0.4 is 0 Å². The average molecular weight is 353 g/mol. The van der Waals surface area contributed by atoms with Crippen LogP contribution >= 0.6 is 24.3 Å². The van der Waals surface area contributed by atoms with Crippen molar-refractivity contribution in [3.63, 3.8) is 0 Å². The first kappa shape index (κ1) is 18.6. The lowest BCUT2D eigenvalue weighted by Crippen LogP contribution is -2.46. The van der Waals surface area contributed by atoms with Crippen LogP contribution in [0.4, 0.5) is 0 Å². The molecule has 0 aliphatic carbocycles. The van der Waals surface area contributed by atoms with Crippen molar-refractivity contribution in [2.24, 2.45) is 16.2 Å². The van der Waals surface area contributed by atoms with Crippen molar-refractivity contribution >= 4 is 34.4 Å². The molecule has 0 radical (unpaired) electrons. The van der Waals surface area contributed by atoms with Crippen LogP contribution in [0.1, 0.15) is 68.7 Å². The molecule has 0 aromatic heterocycles. The number of nitrogens with zero attached hydrogens (tertiary/aromatic N) is 1. The molecule has 1 atom stereocenters. The second-order valence-electron chi connectivity index (χ2n) is 9.66. The average Bonchev–Trinajstić information content (AvgIpc) is 2.34. The maximum absolute atomic E-state index is 9.89. The molecule has 0 aromatic rings. The Balaban J connectivity index is 2.76. The lowest BCUT2D eigenvalue weighted by molar-refractivity contribution is 0.351. The Bertz CT molecular complexity index is 541. The summed E-state index contributed by atoms with van der Waals surface area (Å²) in [7, 11) is 2.66. The van der Waals surface area contributed by atoms with Crippen molar-refractivity contribution in [3.8, 4) is 6.07 Å². The molecule has 22 heavy (non-hydrogen) atoms.